The molecule has 0 aliphatic rings. The van der Waals surface area contributed by atoms with E-state index in [2.05, 4.69) is 14.7 Å². The molecule has 0 amide bonds. The molecule has 0 unspecified atom stereocenters. The second-order valence-electron chi connectivity index (χ2n) is 6.45. The third-order valence-electron chi connectivity index (χ3n) is 4.22. The summed E-state index contributed by atoms with van der Waals surface area (Å²) in [6.07, 6.45) is 0. The third kappa shape index (κ3) is 3.15. The molecular weight excluding hydrogens is 354 g/mol. The molecule has 0 bridgehead atoms. The van der Waals surface area contributed by atoms with E-state index in [0.29, 0.717) is 16.8 Å². The van der Waals surface area contributed by atoms with Crippen LogP contribution in [-0.2, 0) is 10.0 Å². The molecule has 0 aliphatic heterocycles. The van der Waals surface area contributed by atoms with Crippen LogP contribution in [0.1, 0.15) is 22.3 Å². The van der Waals surface area contributed by atoms with Crippen molar-refractivity contribution in [2.75, 3.05) is 4.72 Å². The second-order valence-corrected chi connectivity index (χ2v) is 8.10. The Balaban J connectivity index is 2.16. The van der Waals surface area contributed by atoms with Gasteiger partial charge in [0, 0.05) is 0 Å². The van der Waals surface area contributed by atoms with Gasteiger partial charge in [0.2, 0.25) is 0 Å². The molecule has 3 aromatic rings. The minimum absolute atomic E-state index is 0.0343. The molecular formula is C18H19N3O4S. The van der Waals surface area contributed by atoms with Gasteiger partial charge >= 0.3 is 11.1 Å². The highest BCUT2D eigenvalue weighted by Crippen LogP contribution is 2.27. The van der Waals surface area contributed by atoms with Crippen molar-refractivity contribution in [2.45, 2.75) is 32.6 Å². The average Bonchev–Trinajstić information content (AvgIpc) is 2.52. The second kappa shape index (κ2) is 6.14. The van der Waals surface area contributed by atoms with E-state index in [0.717, 1.165) is 16.7 Å². The molecule has 8 heteroatoms. The summed E-state index contributed by atoms with van der Waals surface area (Å²) in [5.41, 5.74) is 2.68. The van der Waals surface area contributed by atoms with E-state index >= 15 is 0 Å². The molecule has 2 aromatic carbocycles. The number of aryl methyl sites for hydroxylation is 4. The van der Waals surface area contributed by atoms with Crippen LogP contribution in [0.15, 0.2) is 38.8 Å². The maximum Gasteiger partial charge on any atom is 0.314 e. The first-order chi connectivity index (χ1) is 12.1. The largest absolute Gasteiger partial charge is 0.316 e. The highest BCUT2D eigenvalue weighted by molar-refractivity contribution is 7.92. The average molecular weight is 373 g/mol. The number of aromatic nitrogens is 2. The topological polar surface area (TPSA) is 112 Å². The molecule has 0 spiro atoms. The molecule has 0 radical (unpaired) electrons. The van der Waals surface area contributed by atoms with E-state index in [1.807, 2.05) is 32.9 Å². The number of benzene rings is 2. The van der Waals surface area contributed by atoms with Crippen LogP contribution in [-0.4, -0.2) is 18.4 Å². The molecule has 26 heavy (non-hydrogen) atoms. The number of rotatable bonds is 3. The van der Waals surface area contributed by atoms with E-state index < -0.39 is 21.1 Å². The SMILES string of the molecule is Cc1cc(C)c(NS(=O)(=O)c2cc3[nH]c(=O)c(=O)[nH]c3cc2C)c(C)c1. The Morgan fingerprint density at radius 2 is 1.27 bits per heavy atom. The number of hydrogen-bond acceptors (Lipinski definition) is 4. The lowest BCUT2D eigenvalue weighted by molar-refractivity contribution is 0.600. The van der Waals surface area contributed by atoms with E-state index in [9.17, 15) is 18.0 Å². The van der Waals surface area contributed by atoms with Crippen LogP contribution in [0.25, 0.3) is 11.0 Å². The van der Waals surface area contributed by atoms with Gasteiger partial charge in [0.25, 0.3) is 10.0 Å². The number of hydrogen-bond donors (Lipinski definition) is 3. The smallest absolute Gasteiger partial charge is 0.314 e. The predicted octanol–water partition coefficient (Wildman–Crippen LogP) is 2.25. The van der Waals surface area contributed by atoms with Crippen molar-refractivity contribution in [3.8, 4) is 0 Å². The Hall–Kier alpha value is -2.87. The quantitative estimate of drug-likeness (QED) is 0.611. The summed E-state index contributed by atoms with van der Waals surface area (Å²) in [7, 11) is -3.88. The van der Waals surface area contributed by atoms with Crippen molar-refractivity contribution < 1.29 is 8.42 Å². The maximum atomic E-state index is 12.9. The first-order valence-corrected chi connectivity index (χ1v) is 9.44. The van der Waals surface area contributed by atoms with Crippen molar-refractivity contribution in [2.24, 2.45) is 0 Å². The predicted molar refractivity (Wildman–Crippen MR) is 101 cm³/mol. The van der Waals surface area contributed by atoms with Crippen LogP contribution in [0.5, 0.6) is 0 Å². The zero-order valence-corrected chi connectivity index (χ0v) is 15.7. The molecule has 3 rings (SSSR count). The summed E-state index contributed by atoms with van der Waals surface area (Å²) >= 11 is 0. The first kappa shape index (κ1) is 17.9. The molecule has 0 saturated heterocycles. The van der Waals surface area contributed by atoms with E-state index in [4.69, 9.17) is 0 Å². The first-order valence-electron chi connectivity index (χ1n) is 7.96. The van der Waals surface area contributed by atoms with Crippen LogP contribution in [0.3, 0.4) is 0 Å². The number of anilines is 1. The fraction of sp³-hybridized carbons (Fsp3) is 0.222. The molecule has 7 nitrogen and oxygen atoms in total. The summed E-state index contributed by atoms with van der Waals surface area (Å²) in [4.78, 5) is 27.8. The highest BCUT2D eigenvalue weighted by Gasteiger charge is 2.20. The van der Waals surface area contributed by atoms with Crippen LogP contribution < -0.4 is 15.8 Å². The van der Waals surface area contributed by atoms with Crippen molar-refractivity contribution >= 4 is 26.7 Å². The Labute approximate surface area is 150 Å². The molecule has 0 fully saturated rings. The monoisotopic (exact) mass is 373 g/mol. The van der Waals surface area contributed by atoms with Crippen LogP contribution in [0.4, 0.5) is 5.69 Å². The van der Waals surface area contributed by atoms with Gasteiger partial charge in [0.1, 0.15) is 0 Å². The zero-order valence-electron chi connectivity index (χ0n) is 14.9. The van der Waals surface area contributed by atoms with E-state index in [1.165, 1.54) is 12.1 Å². The maximum absolute atomic E-state index is 12.9. The van der Waals surface area contributed by atoms with Gasteiger partial charge in [-0.2, -0.15) is 0 Å². The minimum Gasteiger partial charge on any atom is -0.316 e. The van der Waals surface area contributed by atoms with E-state index in [1.54, 1.807) is 6.92 Å². The molecule has 0 atom stereocenters. The number of H-pyrrole nitrogens is 2. The van der Waals surface area contributed by atoms with Crippen molar-refractivity contribution in [1.82, 2.24) is 9.97 Å². The van der Waals surface area contributed by atoms with E-state index in [-0.39, 0.29) is 10.4 Å². The highest BCUT2D eigenvalue weighted by atomic mass is 32.2. The fourth-order valence-electron chi connectivity index (χ4n) is 3.07. The Morgan fingerprint density at radius 3 is 1.81 bits per heavy atom. The lowest BCUT2D eigenvalue weighted by atomic mass is 10.1. The Morgan fingerprint density at radius 1 is 0.769 bits per heavy atom. The van der Waals surface area contributed by atoms with Gasteiger partial charge in [0.05, 0.1) is 21.6 Å². The zero-order chi connectivity index (χ0) is 19.2. The number of aromatic amines is 2. The summed E-state index contributed by atoms with van der Waals surface area (Å²) in [5, 5.41) is 0. The van der Waals surface area contributed by atoms with Crippen molar-refractivity contribution in [3.05, 3.63) is 67.2 Å². The molecule has 0 aliphatic carbocycles. The summed E-state index contributed by atoms with van der Waals surface area (Å²) < 4.78 is 28.5. The van der Waals surface area contributed by atoms with Gasteiger partial charge in [-0.05, 0) is 56.5 Å². The van der Waals surface area contributed by atoms with Gasteiger partial charge in [0.15, 0.2) is 0 Å². The van der Waals surface area contributed by atoms with Crippen molar-refractivity contribution in [3.63, 3.8) is 0 Å². The summed E-state index contributed by atoms with van der Waals surface area (Å²) in [6.45, 7) is 7.26. The third-order valence-corrected chi connectivity index (χ3v) is 5.71. The number of sulfonamides is 1. The molecule has 3 N–H and O–H groups in total. The molecule has 1 aromatic heterocycles. The summed E-state index contributed by atoms with van der Waals surface area (Å²) in [5.74, 6) is 0. The van der Waals surface area contributed by atoms with Gasteiger partial charge in [-0.15, -0.1) is 0 Å². The van der Waals surface area contributed by atoms with Gasteiger partial charge in [-0.3, -0.25) is 14.3 Å². The molecule has 0 saturated carbocycles. The Bertz CT molecular complexity index is 1230. The van der Waals surface area contributed by atoms with Crippen LogP contribution >= 0.6 is 0 Å². The van der Waals surface area contributed by atoms with Crippen LogP contribution in [0.2, 0.25) is 0 Å². The molecule has 1 heterocycles. The molecule has 136 valence electrons. The van der Waals surface area contributed by atoms with Gasteiger partial charge in [-0.1, -0.05) is 17.7 Å². The Kier molecular flexibility index (Phi) is 4.23. The number of nitrogens with one attached hydrogen (secondary N) is 3. The minimum atomic E-state index is -3.88. The van der Waals surface area contributed by atoms with Gasteiger partial charge in [-0.25, -0.2) is 8.42 Å². The van der Waals surface area contributed by atoms with Gasteiger partial charge < -0.3 is 9.97 Å². The number of fused-ring (bicyclic) bond motifs is 1. The lowest BCUT2D eigenvalue weighted by Crippen LogP contribution is -2.29. The van der Waals surface area contributed by atoms with Crippen molar-refractivity contribution in [1.29, 1.82) is 0 Å². The van der Waals surface area contributed by atoms with Crippen LogP contribution in [0, 0.1) is 27.7 Å². The lowest BCUT2D eigenvalue weighted by Gasteiger charge is -2.16. The standard InChI is InChI=1S/C18H19N3O4S/c1-9-5-11(3)16(12(4)6-9)21-26(24,25)15-8-14-13(7-10(15)2)19-17(22)18(23)20-14/h5-8,21H,1-4H3,(H,19,22)(H,20,23). The fourth-order valence-corrected chi connectivity index (χ4v) is 4.53. The normalized spacial score (nSPS) is 11.7. The summed E-state index contributed by atoms with van der Waals surface area (Å²) in [6, 6.07) is 6.68.